The maximum Gasteiger partial charge on any atom is 0.00920 e. The predicted octanol–water partition coefficient (Wildman–Crippen LogP) is 4.18. The van der Waals surface area contributed by atoms with E-state index in [0.29, 0.717) is 0 Å². The summed E-state index contributed by atoms with van der Waals surface area (Å²) in [5, 5.41) is 0. The van der Waals surface area contributed by atoms with Crippen molar-refractivity contribution in [2.45, 2.75) is 65.8 Å². The molecule has 1 saturated carbocycles. The number of hydrogen-bond donors (Lipinski definition) is 0. The highest BCUT2D eigenvalue weighted by Gasteiger charge is 2.28. The Kier molecular flexibility index (Phi) is 5.82. The molecule has 0 aromatic carbocycles. The third-order valence-corrected chi connectivity index (χ3v) is 5.17. The second-order valence-corrected chi connectivity index (χ2v) is 5.86. The van der Waals surface area contributed by atoms with Gasteiger partial charge in [0, 0.05) is 6.04 Å². The van der Waals surface area contributed by atoms with Gasteiger partial charge in [0.25, 0.3) is 0 Å². The Balaban J connectivity index is 2.40. The number of rotatable bonds is 5. The zero-order chi connectivity index (χ0) is 12.1. The summed E-state index contributed by atoms with van der Waals surface area (Å²) in [6.45, 7) is 10.7. The molecule has 0 N–H and O–H groups in total. The molecule has 0 aromatic rings. The molecule has 1 aliphatic rings. The summed E-state index contributed by atoms with van der Waals surface area (Å²) in [6.07, 6.45) is 7.30. The first kappa shape index (κ1) is 14.0. The molecule has 0 radical (unpaired) electrons. The molecule has 16 heavy (non-hydrogen) atoms. The summed E-state index contributed by atoms with van der Waals surface area (Å²) in [4.78, 5) is 2.50. The molecular weight excluding hydrogens is 194 g/mol. The molecule has 1 rings (SSSR count). The molecule has 0 amide bonds. The molecule has 2 atom stereocenters. The topological polar surface area (TPSA) is 3.24 Å². The Labute approximate surface area is 103 Å². The van der Waals surface area contributed by atoms with Crippen LogP contribution in [0.5, 0.6) is 0 Å². The van der Waals surface area contributed by atoms with Crippen molar-refractivity contribution in [2.75, 3.05) is 13.6 Å². The predicted molar refractivity (Wildman–Crippen MR) is 72.7 cm³/mol. The second-order valence-electron chi connectivity index (χ2n) is 5.86. The van der Waals surface area contributed by atoms with Crippen molar-refractivity contribution in [2.24, 2.45) is 17.8 Å². The summed E-state index contributed by atoms with van der Waals surface area (Å²) in [6, 6.07) is 0.744. The molecule has 0 bridgehead atoms. The summed E-state index contributed by atoms with van der Waals surface area (Å²) in [7, 11) is 2.26. The standard InChI is InChI=1S/C15H31N/c1-6-14-8-10-15(11-9-14)12(3)13(4)16(5)7-2/h12-15H,6-11H2,1-5H3. The van der Waals surface area contributed by atoms with Crippen LogP contribution < -0.4 is 0 Å². The van der Waals surface area contributed by atoms with Crippen LogP contribution in [0, 0.1) is 17.8 Å². The molecule has 1 heteroatoms. The van der Waals surface area contributed by atoms with Gasteiger partial charge in [0.1, 0.15) is 0 Å². The lowest BCUT2D eigenvalue weighted by Crippen LogP contribution is -2.38. The first-order chi connectivity index (χ1) is 7.60. The lowest BCUT2D eigenvalue weighted by Gasteiger charge is -2.38. The van der Waals surface area contributed by atoms with E-state index in [9.17, 15) is 0 Å². The van der Waals surface area contributed by atoms with Crippen molar-refractivity contribution >= 4 is 0 Å². The van der Waals surface area contributed by atoms with Gasteiger partial charge < -0.3 is 4.90 Å². The fourth-order valence-corrected chi connectivity index (χ4v) is 3.21. The van der Waals surface area contributed by atoms with Crippen molar-refractivity contribution in [3.05, 3.63) is 0 Å². The normalized spacial score (nSPS) is 30.4. The molecule has 1 fully saturated rings. The van der Waals surface area contributed by atoms with Crippen molar-refractivity contribution < 1.29 is 0 Å². The van der Waals surface area contributed by atoms with Crippen LogP contribution in [0.1, 0.15) is 59.8 Å². The highest BCUT2D eigenvalue weighted by atomic mass is 15.1. The molecule has 0 heterocycles. The first-order valence-corrected chi connectivity index (χ1v) is 7.30. The molecule has 1 aliphatic carbocycles. The SMILES string of the molecule is CCC1CCC(C(C)C(C)N(C)CC)CC1. The van der Waals surface area contributed by atoms with Crippen molar-refractivity contribution in [3.63, 3.8) is 0 Å². The van der Waals surface area contributed by atoms with Gasteiger partial charge in [0.15, 0.2) is 0 Å². The summed E-state index contributed by atoms with van der Waals surface area (Å²) in [5.74, 6) is 2.87. The molecule has 96 valence electrons. The third kappa shape index (κ3) is 3.48. The molecule has 0 saturated heterocycles. The van der Waals surface area contributed by atoms with Crippen LogP contribution >= 0.6 is 0 Å². The van der Waals surface area contributed by atoms with Gasteiger partial charge in [-0.15, -0.1) is 0 Å². The lowest BCUT2D eigenvalue weighted by atomic mass is 9.73. The largest absolute Gasteiger partial charge is 0.304 e. The minimum Gasteiger partial charge on any atom is -0.304 e. The van der Waals surface area contributed by atoms with E-state index in [1.54, 1.807) is 0 Å². The quantitative estimate of drug-likeness (QED) is 0.678. The van der Waals surface area contributed by atoms with E-state index in [-0.39, 0.29) is 0 Å². The fourth-order valence-electron chi connectivity index (χ4n) is 3.21. The van der Waals surface area contributed by atoms with Crippen LogP contribution in [0.2, 0.25) is 0 Å². The maximum absolute atomic E-state index is 2.50. The van der Waals surface area contributed by atoms with Gasteiger partial charge in [-0.1, -0.05) is 40.0 Å². The van der Waals surface area contributed by atoms with Crippen LogP contribution in [-0.2, 0) is 0 Å². The van der Waals surface area contributed by atoms with Crippen molar-refractivity contribution in [1.82, 2.24) is 4.90 Å². The van der Waals surface area contributed by atoms with Crippen LogP contribution in [0.3, 0.4) is 0 Å². The Morgan fingerprint density at radius 3 is 2.06 bits per heavy atom. The second kappa shape index (κ2) is 6.64. The van der Waals surface area contributed by atoms with E-state index in [1.165, 1.54) is 38.6 Å². The van der Waals surface area contributed by atoms with Crippen LogP contribution in [-0.4, -0.2) is 24.5 Å². The summed E-state index contributed by atoms with van der Waals surface area (Å²) < 4.78 is 0. The summed E-state index contributed by atoms with van der Waals surface area (Å²) >= 11 is 0. The van der Waals surface area contributed by atoms with Crippen molar-refractivity contribution in [3.8, 4) is 0 Å². The van der Waals surface area contributed by atoms with E-state index >= 15 is 0 Å². The van der Waals surface area contributed by atoms with Crippen LogP contribution in [0.4, 0.5) is 0 Å². The third-order valence-electron chi connectivity index (χ3n) is 5.17. The molecule has 0 spiro atoms. The molecular formula is C15H31N. The Morgan fingerprint density at radius 1 is 1.06 bits per heavy atom. The van der Waals surface area contributed by atoms with Gasteiger partial charge in [0.2, 0.25) is 0 Å². The van der Waals surface area contributed by atoms with E-state index in [2.05, 4.69) is 39.6 Å². The van der Waals surface area contributed by atoms with E-state index in [4.69, 9.17) is 0 Å². The Hall–Kier alpha value is -0.0400. The highest BCUT2D eigenvalue weighted by Crippen LogP contribution is 2.36. The zero-order valence-electron chi connectivity index (χ0n) is 12.0. The molecule has 0 aliphatic heterocycles. The molecule has 2 unspecified atom stereocenters. The molecule has 0 aromatic heterocycles. The lowest BCUT2D eigenvalue weighted by molar-refractivity contribution is 0.123. The molecule has 1 nitrogen and oxygen atoms in total. The van der Waals surface area contributed by atoms with Gasteiger partial charge in [0.05, 0.1) is 0 Å². The van der Waals surface area contributed by atoms with Crippen LogP contribution in [0.15, 0.2) is 0 Å². The van der Waals surface area contributed by atoms with Gasteiger partial charge >= 0.3 is 0 Å². The van der Waals surface area contributed by atoms with E-state index in [1.807, 2.05) is 0 Å². The average Bonchev–Trinajstić information content (AvgIpc) is 2.36. The maximum atomic E-state index is 2.50. The van der Waals surface area contributed by atoms with Gasteiger partial charge in [-0.2, -0.15) is 0 Å². The minimum atomic E-state index is 0.744. The van der Waals surface area contributed by atoms with E-state index in [0.717, 1.165) is 23.8 Å². The van der Waals surface area contributed by atoms with Gasteiger partial charge in [-0.3, -0.25) is 0 Å². The minimum absolute atomic E-state index is 0.744. The highest BCUT2D eigenvalue weighted by molar-refractivity contribution is 4.81. The van der Waals surface area contributed by atoms with Gasteiger partial charge in [-0.05, 0) is 51.1 Å². The van der Waals surface area contributed by atoms with Gasteiger partial charge in [-0.25, -0.2) is 0 Å². The van der Waals surface area contributed by atoms with Crippen LogP contribution in [0.25, 0.3) is 0 Å². The Bertz CT molecular complexity index is 182. The van der Waals surface area contributed by atoms with E-state index < -0.39 is 0 Å². The smallest absolute Gasteiger partial charge is 0.00920 e. The number of hydrogen-bond acceptors (Lipinski definition) is 1. The Morgan fingerprint density at radius 2 is 1.62 bits per heavy atom. The average molecular weight is 225 g/mol. The van der Waals surface area contributed by atoms with Crippen molar-refractivity contribution in [1.29, 1.82) is 0 Å². The number of nitrogens with zero attached hydrogens (tertiary/aromatic N) is 1. The first-order valence-electron chi connectivity index (χ1n) is 7.30. The fraction of sp³-hybridized carbons (Fsp3) is 1.00. The monoisotopic (exact) mass is 225 g/mol. The summed E-state index contributed by atoms with van der Waals surface area (Å²) in [5.41, 5.74) is 0. The zero-order valence-corrected chi connectivity index (χ0v) is 12.0.